The number of fused-ring (bicyclic) bond motifs is 1. The molecule has 1 aliphatic rings. The fourth-order valence-corrected chi connectivity index (χ4v) is 3.97. The third kappa shape index (κ3) is 4.32. The molecule has 2 aromatic carbocycles. The van der Waals surface area contributed by atoms with Crippen molar-refractivity contribution in [2.24, 2.45) is 5.92 Å². The fraction of sp³-hybridized carbons (Fsp3) is 0.333. The molecule has 0 saturated carbocycles. The quantitative estimate of drug-likeness (QED) is 0.602. The van der Waals surface area contributed by atoms with Crippen LogP contribution in [0.4, 0.5) is 5.69 Å². The zero-order valence-corrected chi connectivity index (χ0v) is 16.1. The molecule has 2 N–H and O–H groups in total. The Balaban J connectivity index is 1.51. The van der Waals surface area contributed by atoms with E-state index in [9.17, 15) is 0 Å². The Morgan fingerprint density at radius 1 is 1.14 bits per heavy atom. The Labute approximate surface area is 166 Å². The summed E-state index contributed by atoms with van der Waals surface area (Å²) >= 11 is 0. The molecule has 1 aliphatic heterocycles. The Bertz CT molecular complexity index is 966. The SMILES string of the molecule is N#Cc1ccc(-c2cc(NCCCC3CCCNC3)c3ccccc3n2)cc1. The molecule has 1 atom stereocenters. The lowest BCUT2D eigenvalue weighted by molar-refractivity contribution is 0.353. The molecular formula is C24H26N4. The lowest BCUT2D eigenvalue weighted by atomic mass is 9.95. The van der Waals surface area contributed by atoms with Gasteiger partial charge in [0.1, 0.15) is 0 Å². The molecule has 1 saturated heterocycles. The molecule has 1 fully saturated rings. The predicted molar refractivity (Wildman–Crippen MR) is 115 cm³/mol. The van der Waals surface area contributed by atoms with E-state index in [0.717, 1.165) is 40.3 Å². The number of benzene rings is 2. The molecule has 4 nitrogen and oxygen atoms in total. The number of hydrogen-bond acceptors (Lipinski definition) is 4. The molecular weight excluding hydrogens is 344 g/mol. The lowest BCUT2D eigenvalue weighted by Crippen LogP contribution is -2.29. The second-order valence-corrected chi connectivity index (χ2v) is 7.54. The maximum atomic E-state index is 9.02. The van der Waals surface area contributed by atoms with Crippen LogP contribution in [0.3, 0.4) is 0 Å². The zero-order valence-electron chi connectivity index (χ0n) is 16.1. The van der Waals surface area contributed by atoms with Crippen LogP contribution in [0, 0.1) is 17.2 Å². The minimum absolute atomic E-state index is 0.667. The standard InChI is InChI=1S/C24H26N4/c25-16-18-9-11-20(12-10-18)23-15-24(21-7-1-2-8-22(21)28-23)27-14-4-6-19-5-3-13-26-17-19/h1-2,7-12,15,19,26H,3-6,13-14,17H2,(H,27,28). The van der Waals surface area contributed by atoms with E-state index in [4.69, 9.17) is 10.2 Å². The summed E-state index contributed by atoms with van der Waals surface area (Å²) < 4.78 is 0. The minimum Gasteiger partial charge on any atom is -0.384 e. The van der Waals surface area contributed by atoms with E-state index in [2.05, 4.69) is 41.0 Å². The van der Waals surface area contributed by atoms with Crippen LogP contribution in [0.15, 0.2) is 54.6 Å². The number of rotatable bonds is 6. The second-order valence-electron chi connectivity index (χ2n) is 7.54. The summed E-state index contributed by atoms with van der Waals surface area (Å²) in [5, 5.41) is 17.3. The van der Waals surface area contributed by atoms with Crippen LogP contribution in [-0.4, -0.2) is 24.6 Å². The van der Waals surface area contributed by atoms with E-state index >= 15 is 0 Å². The van der Waals surface area contributed by atoms with E-state index in [1.165, 1.54) is 38.8 Å². The van der Waals surface area contributed by atoms with Crippen molar-refractivity contribution in [1.82, 2.24) is 10.3 Å². The van der Waals surface area contributed by atoms with Gasteiger partial charge in [0.15, 0.2) is 0 Å². The first-order valence-corrected chi connectivity index (χ1v) is 10.2. The molecule has 1 aromatic heterocycles. The smallest absolute Gasteiger partial charge is 0.0991 e. The second kappa shape index (κ2) is 8.86. The fourth-order valence-electron chi connectivity index (χ4n) is 3.97. The Morgan fingerprint density at radius 3 is 2.79 bits per heavy atom. The van der Waals surface area contributed by atoms with Gasteiger partial charge in [0.05, 0.1) is 22.8 Å². The summed E-state index contributed by atoms with van der Waals surface area (Å²) in [5.41, 5.74) is 4.75. The monoisotopic (exact) mass is 370 g/mol. The number of para-hydroxylation sites is 1. The maximum absolute atomic E-state index is 9.02. The van der Waals surface area contributed by atoms with Crippen LogP contribution in [-0.2, 0) is 0 Å². The first-order valence-electron chi connectivity index (χ1n) is 10.2. The third-order valence-electron chi connectivity index (χ3n) is 5.53. The van der Waals surface area contributed by atoms with Crippen molar-refractivity contribution >= 4 is 16.6 Å². The molecule has 0 spiro atoms. The van der Waals surface area contributed by atoms with Crippen molar-refractivity contribution in [3.05, 3.63) is 60.2 Å². The van der Waals surface area contributed by atoms with Gasteiger partial charge in [0.25, 0.3) is 0 Å². The highest BCUT2D eigenvalue weighted by atomic mass is 14.9. The highest BCUT2D eigenvalue weighted by Crippen LogP contribution is 2.28. The van der Waals surface area contributed by atoms with Gasteiger partial charge in [0.2, 0.25) is 0 Å². The first-order chi connectivity index (χ1) is 13.8. The molecule has 0 amide bonds. The molecule has 0 bridgehead atoms. The summed E-state index contributed by atoms with van der Waals surface area (Å²) in [7, 11) is 0. The van der Waals surface area contributed by atoms with Gasteiger partial charge in [-0.3, -0.25) is 0 Å². The van der Waals surface area contributed by atoms with Crippen LogP contribution in [0.1, 0.15) is 31.2 Å². The number of pyridine rings is 1. The van der Waals surface area contributed by atoms with Crippen LogP contribution >= 0.6 is 0 Å². The number of nitrogens with one attached hydrogen (secondary N) is 2. The molecule has 0 radical (unpaired) electrons. The average molecular weight is 370 g/mol. The van der Waals surface area contributed by atoms with Crippen molar-refractivity contribution < 1.29 is 0 Å². The van der Waals surface area contributed by atoms with Gasteiger partial charge in [-0.15, -0.1) is 0 Å². The number of aromatic nitrogens is 1. The summed E-state index contributed by atoms with van der Waals surface area (Å²) in [6, 6.07) is 20.2. The van der Waals surface area contributed by atoms with Gasteiger partial charge < -0.3 is 10.6 Å². The Morgan fingerprint density at radius 2 is 2.00 bits per heavy atom. The summed E-state index contributed by atoms with van der Waals surface area (Å²) in [4.78, 5) is 4.83. The van der Waals surface area contributed by atoms with Crippen molar-refractivity contribution in [1.29, 1.82) is 5.26 Å². The van der Waals surface area contributed by atoms with Gasteiger partial charge >= 0.3 is 0 Å². The van der Waals surface area contributed by atoms with Gasteiger partial charge in [-0.05, 0) is 69.0 Å². The van der Waals surface area contributed by atoms with Gasteiger partial charge in [-0.1, -0.05) is 30.3 Å². The summed E-state index contributed by atoms with van der Waals surface area (Å²) in [5.74, 6) is 0.818. The van der Waals surface area contributed by atoms with E-state index < -0.39 is 0 Å². The largest absolute Gasteiger partial charge is 0.384 e. The van der Waals surface area contributed by atoms with E-state index in [0.29, 0.717) is 5.56 Å². The van der Waals surface area contributed by atoms with Crippen molar-refractivity contribution in [2.45, 2.75) is 25.7 Å². The van der Waals surface area contributed by atoms with E-state index in [-0.39, 0.29) is 0 Å². The van der Waals surface area contributed by atoms with Gasteiger partial charge in [-0.2, -0.15) is 5.26 Å². The highest BCUT2D eigenvalue weighted by molar-refractivity contribution is 5.93. The molecule has 4 heteroatoms. The van der Waals surface area contributed by atoms with Gasteiger partial charge in [-0.25, -0.2) is 4.98 Å². The summed E-state index contributed by atoms with van der Waals surface area (Å²) in [6.07, 6.45) is 5.11. The van der Waals surface area contributed by atoms with Crippen LogP contribution in [0.25, 0.3) is 22.2 Å². The molecule has 0 aliphatic carbocycles. The highest BCUT2D eigenvalue weighted by Gasteiger charge is 2.12. The normalized spacial score (nSPS) is 16.6. The molecule has 4 rings (SSSR count). The van der Waals surface area contributed by atoms with Gasteiger partial charge in [0, 0.05) is 23.2 Å². The molecule has 142 valence electrons. The average Bonchev–Trinajstić information content (AvgIpc) is 2.77. The number of nitriles is 1. The number of hydrogen-bond donors (Lipinski definition) is 2. The predicted octanol–water partition coefficient (Wildman–Crippen LogP) is 4.97. The Kier molecular flexibility index (Phi) is 5.84. The molecule has 1 unspecified atom stereocenters. The maximum Gasteiger partial charge on any atom is 0.0991 e. The lowest BCUT2D eigenvalue weighted by Gasteiger charge is -2.22. The topological polar surface area (TPSA) is 60.7 Å². The summed E-state index contributed by atoms with van der Waals surface area (Å²) in [6.45, 7) is 3.31. The molecule has 28 heavy (non-hydrogen) atoms. The number of nitrogens with zero attached hydrogens (tertiary/aromatic N) is 2. The van der Waals surface area contributed by atoms with Crippen LogP contribution in [0.5, 0.6) is 0 Å². The Hall–Kier alpha value is -2.90. The first kappa shape index (κ1) is 18.5. The molecule has 2 heterocycles. The van der Waals surface area contributed by atoms with Crippen LogP contribution < -0.4 is 10.6 Å². The third-order valence-corrected chi connectivity index (χ3v) is 5.53. The van der Waals surface area contributed by atoms with Crippen molar-refractivity contribution in [3.8, 4) is 17.3 Å². The van der Waals surface area contributed by atoms with E-state index in [1.54, 1.807) is 0 Å². The van der Waals surface area contributed by atoms with Crippen molar-refractivity contribution in [3.63, 3.8) is 0 Å². The zero-order chi connectivity index (χ0) is 19.2. The van der Waals surface area contributed by atoms with Crippen molar-refractivity contribution in [2.75, 3.05) is 25.0 Å². The van der Waals surface area contributed by atoms with E-state index in [1.807, 2.05) is 30.3 Å². The van der Waals surface area contributed by atoms with Crippen LogP contribution in [0.2, 0.25) is 0 Å². The number of piperidine rings is 1. The molecule has 3 aromatic rings. The number of anilines is 1. The minimum atomic E-state index is 0.667.